The number of benzene rings is 8. The molecule has 0 saturated carbocycles. The summed E-state index contributed by atoms with van der Waals surface area (Å²) in [6.07, 6.45) is 0. The molecule has 0 bridgehead atoms. The zero-order valence-corrected chi connectivity index (χ0v) is 26.7. The van der Waals surface area contributed by atoms with Crippen LogP contribution in [0.1, 0.15) is 25.0 Å². The van der Waals surface area contributed by atoms with Crippen LogP contribution in [0.3, 0.4) is 0 Å². The number of fused-ring (bicyclic) bond motifs is 5. The number of hydrogen-bond acceptors (Lipinski definition) is 0. The van der Waals surface area contributed by atoms with Crippen LogP contribution < -0.4 is 0 Å². The van der Waals surface area contributed by atoms with Gasteiger partial charge in [-0.2, -0.15) is 0 Å². The SMILES string of the molecule is CC1(C)c2ccccc2-c2ccc(-c3c4ccccc4c(-c4cccc(-c5ccccc5)c4)c4ccc(-c5ccccc5)cc34)cc21. The van der Waals surface area contributed by atoms with Gasteiger partial charge in [0.25, 0.3) is 0 Å². The Morgan fingerprint density at radius 3 is 1.51 bits per heavy atom. The van der Waals surface area contributed by atoms with Crippen LogP contribution in [0.5, 0.6) is 0 Å². The lowest BCUT2D eigenvalue weighted by Crippen LogP contribution is -2.14. The first-order valence-electron chi connectivity index (χ1n) is 16.5. The summed E-state index contributed by atoms with van der Waals surface area (Å²) in [4.78, 5) is 0. The first-order chi connectivity index (χ1) is 23.1. The standard InChI is InChI=1S/C47H34/c1-47(2)43-23-12-11-20-37(43)38-26-25-36(30-44(38)47)46-40-22-10-9-21-39(40)45(35-19-13-18-33(28-35)31-14-5-3-6-15-31)41-27-24-34(29-42(41)46)32-16-7-4-8-17-32/h3-30H,1-2H3. The molecule has 0 heterocycles. The van der Waals surface area contributed by atoms with Gasteiger partial charge >= 0.3 is 0 Å². The van der Waals surface area contributed by atoms with Gasteiger partial charge in [-0.05, 0) is 107 Å². The minimum atomic E-state index is -0.0689. The molecule has 0 atom stereocenters. The lowest BCUT2D eigenvalue weighted by Gasteiger charge is -2.23. The summed E-state index contributed by atoms with van der Waals surface area (Å²) < 4.78 is 0. The zero-order valence-electron chi connectivity index (χ0n) is 26.7. The van der Waals surface area contributed by atoms with E-state index in [0.717, 1.165) is 0 Å². The molecule has 0 unspecified atom stereocenters. The highest BCUT2D eigenvalue weighted by molar-refractivity contribution is 6.22. The van der Waals surface area contributed by atoms with Crippen molar-refractivity contribution in [3.8, 4) is 55.6 Å². The van der Waals surface area contributed by atoms with Crippen molar-refractivity contribution >= 4 is 21.5 Å². The van der Waals surface area contributed by atoms with E-state index in [0.29, 0.717) is 0 Å². The highest BCUT2D eigenvalue weighted by atomic mass is 14.4. The smallest absolute Gasteiger partial charge is 0.0159 e. The molecule has 8 aromatic rings. The van der Waals surface area contributed by atoms with Gasteiger partial charge in [0.2, 0.25) is 0 Å². The van der Waals surface area contributed by atoms with E-state index < -0.39 is 0 Å². The largest absolute Gasteiger partial charge is 0.0622 e. The highest BCUT2D eigenvalue weighted by Crippen LogP contribution is 2.51. The Morgan fingerprint density at radius 2 is 0.787 bits per heavy atom. The van der Waals surface area contributed by atoms with E-state index in [9.17, 15) is 0 Å². The highest BCUT2D eigenvalue weighted by Gasteiger charge is 2.35. The Morgan fingerprint density at radius 1 is 0.298 bits per heavy atom. The van der Waals surface area contributed by atoms with Gasteiger partial charge in [-0.1, -0.05) is 166 Å². The van der Waals surface area contributed by atoms with Gasteiger partial charge in [0, 0.05) is 5.41 Å². The van der Waals surface area contributed by atoms with Gasteiger partial charge in [0.15, 0.2) is 0 Å². The minimum absolute atomic E-state index is 0.0689. The molecule has 9 rings (SSSR count). The van der Waals surface area contributed by atoms with Crippen LogP contribution in [0.2, 0.25) is 0 Å². The van der Waals surface area contributed by atoms with Crippen molar-refractivity contribution in [2.75, 3.05) is 0 Å². The maximum Gasteiger partial charge on any atom is 0.0159 e. The van der Waals surface area contributed by atoms with E-state index in [1.807, 2.05) is 0 Å². The van der Waals surface area contributed by atoms with Gasteiger partial charge in [-0.25, -0.2) is 0 Å². The minimum Gasteiger partial charge on any atom is -0.0622 e. The second-order valence-electron chi connectivity index (χ2n) is 13.3. The lowest BCUT2D eigenvalue weighted by atomic mass is 9.80. The van der Waals surface area contributed by atoms with Crippen LogP contribution in [-0.2, 0) is 5.41 Å². The third kappa shape index (κ3) is 4.37. The summed E-state index contributed by atoms with van der Waals surface area (Å²) in [6, 6.07) is 62.7. The van der Waals surface area contributed by atoms with Gasteiger partial charge in [-0.15, -0.1) is 0 Å². The van der Waals surface area contributed by atoms with E-state index in [2.05, 4.69) is 184 Å². The molecular formula is C47H34. The second-order valence-corrected chi connectivity index (χ2v) is 13.3. The van der Waals surface area contributed by atoms with Crippen molar-refractivity contribution in [2.45, 2.75) is 19.3 Å². The molecule has 0 N–H and O–H groups in total. The topological polar surface area (TPSA) is 0 Å². The number of rotatable bonds is 4. The quantitative estimate of drug-likeness (QED) is 0.177. The fourth-order valence-electron chi connectivity index (χ4n) is 7.96. The van der Waals surface area contributed by atoms with Crippen LogP contribution in [0.15, 0.2) is 170 Å². The molecule has 0 heteroatoms. The Bertz CT molecular complexity index is 2460. The Kier molecular flexibility index (Phi) is 6.27. The zero-order chi connectivity index (χ0) is 31.5. The predicted octanol–water partition coefficient (Wildman–Crippen LogP) is 13.0. The molecule has 47 heavy (non-hydrogen) atoms. The molecular weight excluding hydrogens is 565 g/mol. The van der Waals surface area contributed by atoms with Crippen LogP contribution in [-0.4, -0.2) is 0 Å². The lowest BCUT2D eigenvalue weighted by molar-refractivity contribution is 0.660. The van der Waals surface area contributed by atoms with Crippen molar-refractivity contribution in [1.82, 2.24) is 0 Å². The Labute approximate surface area is 276 Å². The molecule has 222 valence electrons. The molecule has 1 aliphatic carbocycles. The molecule has 0 aromatic heterocycles. The predicted molar refractivity (Wildman–Crippen MR) is 201 cm³/mol. The summed E-state index contributed by atoms with van der Waals surface area (Å²) in [5.41, 5.74) is 15.4. The second kappa shape index (κ2) is 10.7. The van der Waals surface area contributed by atoms with Crippen LogP contribution in [0.4, 0.5) is 0 Å². The molecule has 1 aliphatic rings. The first-order valence-corrected chi connectivity index (χ1v) is 16.5. The van der Waals surface area contributed by atoms with Gasteiger partial charge in [0.1, 0.15) is 0 Å². The summed E-state index contributed by atoms with van der Waals surface area (Å²) in [7, 11) is 0. The Balaban J connectivity index is 1.36. The van der Waals surface area contributed by atoms with Gasteiger partial charge in [0.05, 0.1) is 0 Å². The molecule has 8 aromatic carbocycles. The third-order valence-electron chi connectivity index (χ3n) is 10.3. The van der Waals surface area contributed by atoms with E-state index in [1.165, 1.54) is 88.3 Å². The third-order valence-corrected chi connectivity index (χ3v) is 10.3. The van der Waals surface area contributed by atoms with Crippen molar-refractivity contribution in [3.63, 3.8) is 0 Å². The summed E-state index contributed by atoms with van der Waals surface area (Å²) >= 11 is 0. The molecule has 0 amide bonds. The van der Waals surface area contributed by atoms with Crippen molar-refractivity contribution in [3.05, 3.63) is 181 Å². The summed E-state index contributed by atoms with van der Waals surface area (Å²) in [5, 5.41) is 5.10. The average Bonchev–Trinajstić information content (AvgIpc) is 3.36. The van der Waals surface area contributed by atoms with Crippen molar-refractivity contribution in [2.24, 2.45) is 0 Å². The van der Waals surface area contributed by atoms with Gasteiger partial charge < -0.3 is 0 Å². The van der Waals surface area contributed by atoms with Crippen LogP contribution >= 0.6 is 0 Å². The van der Waals surface area contributed by atoms with Crippen molar-refractivity contribution < 1.29 is 0 Å². The summed E-state index contributed by atoms with van der Waals surface area (Å²) in [5.74, 6) is 0. The Hall–Kier alpha value is -5.72. The van der Waals surface area contributed by atoms with Gasteiger partial charge in [-0.3, -0.25) is 0 Å². The fraction of sp³-hybridized carbons (Fsp3) is 0.0638. The molecule has 0 fully saturated rings. The molecule has 0 spiro atoms. The van der Waals surface area contributed by atoms with Crippen molar-refractivity contribution in [1.29, 1.82) is 0 Å². The maximum atomic E-state index is 2.47. The van der Waals surface area contributed by atoms with E-state index >= 15 is 0 Å². The maximum absolute atomic E-state index is 2.47. The van der Waals surface area contributed by atoms with Crippen LogP contribution in [0, 0.1) is 0 Å². The van der Waals surface area contributed by atoms with Crippen LogP contribution in [0.25, 0.3) is 77.2 Å². The van der Waals surface area contributed by atoms with E-state index in [-0.39, 0.29) is 5.41 Å². The van der Waals surface area contributed by atoms with E-state index in [1.54, 1.807) is 0 Å². The molecule has 0 radical (unpaired) electrons. The molecule has 0 aliphatic heterocycles. The fourth-order valence-corrected chi connectivity index (χ4v) is 7.96. The molecule has 0 nitrogen and oxygen atoms in total. The monoisotopic (exact) mass is 598 g/mol. The summed E-state index contributed by atoms with van der Waals surface area (Å²) in [6.45, 7) is 4.74. The van der Waals surface area contributed by atoms with E-state index in [4.69, 9.17) is 0 Å². The molecule has 0 saturated heterocycles. The first kappa shape index (κ1) is 27.6. The normalized spacial score (nSPS) is 13.1. The number of hydrogen-bond donors (Lipinski definition) is 0. The average molecular weight is 599 g/mol.